The highest BCUT2D eigenvalue weighted by atomic mass is 35.5. The van der Waals surface area contributed by atoms with E-state index in [0.717, 1.165) is 0 Å². The van der Waals surface area contributed by atoms with Gasteiger partial charge in [0.2, 0.25) is 0 Å². The van der Waals surface area contributed by atoms with E-state index in [4.69, 9.17) is 27.9 Å². The predicted molar refractivity (Wildman–Crippen MR) is 90.9 cm³/mol. The van der Waals surface area contributed by atoms with E-state index in [2.05, 4.69) is 5.32 Å². The summed E-state index contributed by atoms with van der Waals surface area (Å²) in [5.41, 5.74) is -0.199. The molecule has 0 spiro atoms. The number of ether oxygens (including phenoxy) is 1. The van der Waals surface area contributed by atoms with Crippen LogP contribution in [0, 0.1) is 0 Å². The van der Waals surface area contributed by atoms with Crippen LogP contribution in [0.2, 0.25) is 10.0 Å². The van der Waals surface area contributed by atoms with Crippen LogP contribution in [-0.2, 0) is 30.6 Å². The van der Waals surface area contributed by atoms with Crippen LogP contribution in [-0.4, -0.2) is 43.9 Å². The number of esters is 1. The Morgan fingerprint density at radius 2 is 2.00 bits per heavy atom. The van der Waals surface area contributed by atoms with Crippen LogP contribution >= 0.6 is 23.2 Å². The lowest BCUT2D eigenvalue weighted by molar-refractivity contribution is -0.148. The van der Waals surface area contributed by atoms with E-state index in [1.165, 1.54) is 0 Å². The summed E-state index contributed by atoms with van der Waals surface area (Å²) in [4.78, 5) is 23.6. The summed E-state index contributed by atoms with van der Waals surface area (Å²) < 4.78 is 27.9. The Morgan fingerprint density at radius 1 is 1.29 bits per heavy atom. The van der Waals surface area contributed by atoms with E-state index < -0.39 is 33.9 Å². The fourth-order valence-electron chi connectivity index (χ4n) is 2.50. The number of halogens is 2. The summed E-state index contributed by atoms with van der Waals surface area (Å²) in [6.45, 7) is 1.20. The van der Waals surface area contributed by atoms with Gasteiger partial charge < -0.3 is 10.1 Å². The molecule has 1 fully saturated rings. The van der Waals surface area contributed by atoms with Crippen molar-refractivity contribution in [1.29, 1.82) is 0 Å². The van der Waals surface area contributed by atoms with E-state index in [1.807, 2.05) is 0 Å². The number of carbonyl (C=O) groups is 2. The van der Waals surface area contributed by atoms with Crippen molar-refractivity contribution < 1.29 is 22.7 Å². The quantitative estimate of drug-likeness (QED) is 0.769. The molecule has 0 radical (unpaired) electrons. The minimum Gasteiger partial charge on any atom is -0.455 e. The number of amides is 1. The Morgan fingerprint density at radius 3 is 2.58 bits per heavy atom. The van der Waals surface area contributed by atoms with Crippen molar-refractivity contribution in [3.05, 3.63) is 33.8 Å². The van der Waals surface area contributed by atoms with E-state index in [9.17, 15) is 18.0 Å². The van der Waals surface area contributed by atoms with Gasteiger partial charge in [-0.1, -0.05) is 29.3 Å². The van der Waals surface area contributed by atoms with Gasteiger partial charge in [0.25, 0.3) is 5.91 Å². The summed E-state index contributed by atoms with van der Waals surface area (Å²) in [5.74, 6) is -1.19. The lowest BCUT2D eigenvalue weighted by Crippen LogP contribution is -2.48. The van der Waals surface area contributed by atoms with Crippen molar-refractivity contribution in [3.63, 3.8) is 0 Å². The van der Waals surface area contributed by atoms with Crippen molar-refractivity contribution in [1.82, 2.24) is 5.32 Å². The van der Waals surface area contributed by atoms with Crippen LogP contribution in [0.5, 0.6) is 0 Å². The molecule has 132 valence electrons. The van der Waals surface area contributed by atoms with Crippen molar-refractivity contribution in [2.45, 2.75) is 25.3 Å². The minimum absolute atomic E-state index is 0.0426. The highest BCUT2D eigenvalue weighted by Gasteiger charge is 2.39. The van der Waals surface area contributed by atoms with Crippen molar-refractivity contribution in [2.24, 2.45) is 0 Å². The molecule has 1 atom stereocenters. The van der Waals surface area contributed by atoms with Crippen LogP contribution in [0.15, 0.2) is 18.2 Å². The van der Waals surface area contributed by atoms with Gasteiger partial charge in [0, 0.05) is 0 Å². The molecule has 9 heteroatoms. The van der Waals surface area contributed by atoms with Gasteiger partial charge >= 0.3 is 5.97 Å². The van der Waals surface area contributed by atoms with Crippen LogP contribution in [0.3, 0.4) is 0 Å². The number of hydrogen-bond acceptors (Lipinski definition) is 5. The molecular formula is C15H17Cl2NO5S. The Hall–Kier alpha value is -1.31. The standard InChI is InChI=1S/C15H17Cl2NO5S/c1-15(4-5-24(21,22)9-15)18-13(19)8-23-14(20)7-10-2-3-11(16)12(17)6-10/h2-3,6H,4-5,7-9H2,1H3,(H,18,19)/t15-/m0/s1. The Bertz CT molecular complexity index is 765. The molecule has 0 bridgehead atoms. The molecule has 1 amide bonds. The highest BCUT2D eigenvalue weighted by Crippen LogP contribution is 2.23. The van der Waals surface area contributed by atoms with Crippen LogP contribution in [0.25, 0.3) is 0 Å². The van der Waals surface area contributed by atoms with E-state index in [1.54, 1.807) is 25.1 Å². The fraction of sp³-hybridized carbons (Fsp3) is 0.467. The van der Waals surface area contributed by atoms with Gasteiger partial charge in [-0.05, 0) is 31.0 Å². The fourth-order valence-corrected chi connectivity index (χ4v) is 4.91. The highest BCUT2D eigenvalue weighted by molar-refractivity contribution is 7.91. The zero-order valence-corrected chi connectivity index (χ0v) is 15.3. The Labute approximate surface area is 150 Å². The zero-order chi connectivity index (χ0) is 18.0. The zero-order valence-electron chi connectivity index (χ0n) is 13.0. The molecular weight excluding hydrogens is 377 g/mol. The maximum Gasteiger partial charge on any atom is 0.310 e. The first-order chi connectivity index (χ1) is 11.1. The third-order valence-electron chi connectivity index (χ3n) is 3.64. The van der Waals surface area contributed by atoms with Crippen molar-refractivity contribution >= 4 is 44.9 Å². The van der Waals surface area contributed by atoms with Gasteiger partial charge in [-0.2, -0.15) is 0 Å². The molecule has 2 rings (SSSR count). The van der Waals surface area contributed by atoms with Gasteiger partial charge in [-0.15, -0.1) is 0 Å². The summed E-state index contributed by atoms with van der Waals surface area (Å²) in [6, 6.07) is 4.76. The second-order valence-electron chi connectivity index (χ2n) is 6.04. The van der Waals surface area contributed by atoms with Gasteiger partial charge in [-0.25, -0.2) is 8.42 Å². The monoisotopic (exact) mass is 393 g/mol. The van der Waals surface area contributed by atoms with Crippen molar-refractivity contribution in [2.75, 3.05) is 18.1 Å². The Kier molecular flexibility index (Phi) is 5.78. The smallest absolute Gasteiger partial charge is 0.310 e. The summed E-state index contributed by atoms with van der Waals surface area (Å²) in [7, 11) is -3.12. The Balaban J connectivity index is 1.81. The van der Waals surface area contributed by atoms with E-state index in [0.29, 0.717) is 22.0 Å². The average Bonchev–Trinajstić information content (AvgIpc) is 2.74. The topological polar surface area (TPSA) is 89.5 Å². The first-order valence-electron chi connectivity index (χ1n) is 7.20. The van der Waals surface area contributed by atoms with Crippen molar-refractivity contribution in [3.8, 4) is 0 Å². The molecule has 1 aromatic rings. The number of benzene rings is 1. The first-order valence-corrected chi connectivity index (χ1v) is 9.77. The first kappa shape index (κ1) is 19.0. The maximum absolute atomic E-state index is 11.8. The third kappa shape index (κ3) is 5.36. The average molecular weight is 394 g/mol. The van der Waals surface area contributed by atoms with Crippen LogP contribution < -0.4 is 5.32 Å². The molecule has 1 heterocycles. The molecule has 1 aliphatic heterocycles. The molecule has 1 saturated heterocycles. The lowest BCUT2D eigenvalue weighted by atomic mass is 10.0. The summed E-state index contributed by atoms with van der Waals surface area (Å²) in [6.07, 6.45) is 0.300. The van der Waals surface area contributed by atoms with Gasteiger partial charge in [0.15, 0.2) is 16.4 Å². The maximum atomic E-state index is 11.8. The van der Waals surface area contributed by atoms with E-state index >= 15 is 0 Å². The van der Waals surface area contributed by atoms with Crippen LogP contribution in [0.4, 0.5) is 0 Å². The predicted octanol–water partition coefficient (Wildman–Crippen LogP) is 1.77. The minimum atomic E-state index is -3.12. The number of carbonyl (C=O) groups excluding carboxylic acids is 2. The second kappa shape index (κ2) is 7.29. The number of nitrogens with one attached hydrogen (secondary N) is 1. The summed E-state index contributed by atoms with van der Waals surface area (Å²) >= 11 is 11.7. The van der Waals surface area contributed by atoms with Gasteiger partial charge in [-0.3, -0.25) is 9.59 Å². The second-order valence-corrected chi connectivity index (χ2v) is 9.04. The van der Waals surface area contributed by atoms with Gasteiger partial charge in [0.05, 0.1) is 33.5 Å². The molecule has 6 nitrogen and oxygen atoms in total. The van der Waals surface area contributed by atoms with E-state index in [-0.39, 0.29) is 17.9 Å². The molecule has 0 aliphatic carbocycles. The SMILES string of the molecule is C[C@]1(NC(=O)COC(=O)Cc2ccc(Cl)c(Cl)c2)CCS(=O)(=O)C1. The van der Waals surface area contributed by atoms with Crippen LogP contribution in [0.1, 0.15) is 18.9 Å². The molecule has 1 N–H and O–H groups in total. The largest absolute Gasteiger partial charge is 0.455 e. The molecule has 0 unspecified atom stereocenters. The molecule has 0 aromatic heterocycles. The third-order valence-corrected chi connectivity index (χ3v) is 6.28. The summed E-state index contributed by atoms with van der Waals surface area (Å²) in [5, 5.41) is 3.32. The molecule has 1 aliphatic rings. The normalized spacial score (nSPS) is 22.1. The molecule has 0 saturated carbocycles. The molecule has 24 heavy (non-hydrogen) atoms. The lowest BCUT2D eigenvalue weighted by Gasteiger charge is -2.23. The molecule has 1 aromatic carbocycles. The number of hydrogen-bond donors (Lipinski definition) is 1. The van der Waals surface area contributed by atoms with Gasteiger partial charge in [0.1, 0.15) is 0 Å². The number of rotatable bonds is 5. The number of sulfone groups is 1.